The molecule has 7 nitrogen and oxygen atoms in total. The third kappa shape index (κ3) is 5.24. The zero-order valence-electron chi connectivity index (χ0n) is 20.7. The van der Waals surface area contributed by atoms with Crippen molar-refractivity contribution in [2.45, 2.75) is 24.8 Å². The summed E-state index contributed by atoms with van der Waals surface area (Å²) in [5, 5.41) is 5.01. The molecule has 1 amide bonds. The number of nitrogens with zero attached hydrogens (tertiary/aromatic N) is 1. The number of carbonyl (C=O) groups excluding carboxylic acids is 1. The first-order valence-electron chi connectivity index (χ1n) is 12.1. The highest BCUT2D eigenvalue weighted by Crippen LogP contribution is 2.37. The van der Waals surface area contributed by atoms with Gasteiger partial charge in [-0.2, -0.15) is 0 Å². The molecule has 0 saturated carbocycles. The number of carbonyl (C=O) groups is 1. The molecular formula is C29H28N2O5S. The second-order valence-corrected chi connectivity index (χ2v) is 10.9. The standard InChI is InChI=1S/C29H28N2O5S/c1-20-7-12-25(13-8-20)37(33,34)31-19-28(36-27-14-9-21(2)17-26(27)31)29(32)30-15-16-35-24-11-10-22-5-3-4-6-23(22)18-24/h3-14,17-18,28H,15-16,19H2,1-2H3,(H,30,32)/t28-/m1/s1. The van der Waals surface area contributed by atoms with Gasteiger partial charge in [0, 0.05) is 0 Å². The quantitative estimate of drug-likeness (QED) is 0.363. The van der Waals surface area contributed by atoms with Gasteiger partial charge in [0.25, 0.3) is 15.9 Å². The summed E-state index contributed by atoms with van der Waals surface area (Å²) in [5.74, 6) is 0.652. The lowest BCUT2D eigenvalue weighted by molar-refractivity contribution is -0.127. The molecule has 0 bridgehead atoms. The van der Waals surface area contributed by atoms with E-state index in [0.717, 1.165) is 21.9 Å². The maximum Gasteiger partial charge on any atom is 0.264 e. The maximum atomic E-state index is 13.6. The Morgan fingerprint density at radius 1 is 0.946 bits per heavy atom. The lowest BCUT2D eigenvalue weighted by Gasteiger charge is -2.35. The molecule has 1 atom stereocenters. The number of ether oxygens (including phenoxy) is 2. The van der Waals surface area contributed by atoms with Crippen LogP contribution in [0, 0.1) is 13.8 Å². The molecule has 0 radical (unpaired) electrons. The van der Waals surface area contributed by atoms with Crippen LogP contribution in [0.4, 0.5) is 5.69 Å². The first-order valence-corrected chi connectivity index (χ1v) is 13.5. The number of amides is 1. The Balaban J connectivity index is 1.28. The van der Waals surface area contributed by atoms with Crippen molar-refractivity contribution >= 4 is 32.4 Å². The highest BCUT2D eigenvalue weighted by Gasteiger charge is 2.37. The highest BCUT2D eigenvalue weighted by atomic mass is 32.2. The summed E-state index contributed by atoms with van der Waals surface area (Å²) >= 11 is 0. The van der Waals surface area contributed by atoms with Gasteiger partial charge in [0.15, 0.2) is 6.10 Å². The van der Waals surface area contributed by atoms with Crippen molar-refractivity contribution in [2.75, 3.05) is 24.0 Å². The molecule has 1 N–H and O–H groups in total. The Morgan fingerprint density at radius 2 is 1.68 bits per heavy atom. The van der Waals surface area contributed by atoms with Crippen molar-refractivity contribution < 1.29 is 22.7 Å². The Labute approximate surface area is 216 Å². The zero-order valence-corrected chi connectivity index (χ0v) is 21.5. The van der Waals surface area contributed by atoms with Gasteiger partial charge in [0.1, 0.15) is 18.1 Å². The van der Waals surface area contributed by atoms with E-state index in [2.05, 4.69) is 5.32 Å². The fourth-order valence-electron chi connectivity index (χ4n) is 4.28. The number of aryl methyl sites for hydroxylation is 2. The average molecular weight is 517 g/mol. The molecule has 1 aliphatic rings. The average Bonchev–Trinajstić information content (AvgIpc) is 2.90. The van der Waals surface area contributed by atoms with Crippen LogP contribution in [0.3, 0.4) is 0 Å². The number of sulfonamides is 1. The predicted octanol–water partition coefficient (Wildman–Crippen LogP) is 4.61. The number of anilines is 1. The molecule has 0 unspecified atom stereocenters. The number of nitrogens with one attached hydrogen (secondary N) is 1. The smallest absolute Gasteiger partial charge is 0.264 e. The Hall–Kier alpha value is -4.04. The maximum absolute atomic E-state index is 13.6. The minimum atomic E-state index is -3.91. The van der Waals surface area contributed by atoms with E-state index >= 15 is 0 Å². The van der Waals surface area contributed by atoms with Crippen molar-refractivity contribution in [3.63, 3.8) is 0 Å². The van der Waals surface area contributed by atoms with E-state index in [1.807, 2.05) is 62.4 Å². The third-order valence-corrected chi connectivity index (χ3v) is 8.07. The van der Waals surface area contributed by atoms with Crippen LogP contribution in [-0.2, 0) is 14.8 Å². The monoisotopic (exact) mass is 516 g/mol. The summed E-state index contributed by atoms with van der Waals surface area (Å²) in [7, 11) is -3.91. The minimum absolute atomic E-state index is 0.135. The molecule has 4 aromatic carbocycles. The van der Waals surface area contributed by atoms with Gasteiger partial charge < -0.3 is 14.8 Å². The molecule has 0 saturated heterocycles. The van der Waals surface area contributed by atoms with Gasteiger partial charge in [-0.25, -0.2) is 8.42 Å². The molecule has 0 fully saturated rings. The Kier molecular flexibility index (Phi) is 6.76. The predicted molar refractivity (Wildman–Crippen MR) is 144 cm³/mol. The van der Waals surface area contributed by atoms with Crippen LogP contribution in [0.25, 0.3) is 10.8 Å². The van der Waals surface area contributed by atoms with Crippen LogP contribution in [0.15, 0.2) is 89.8 Å². The van der Waals surface area contributed by atoms with Crippen molar-refractivity contribution in [1.82, 2.24) is 5.32 Å². The van der Waals surface area contributed by atoms with Crippen LogP contribution in [0.5, 0.6) is 11.5 Å². The summed E-state index contributed by atoms with van der Waals surface area (Å²) in [6, 6.07) is 25.8. The van der Waals surface area contributed by atoms with Crippen LogP contribution >= 0.6 is 0 Å². The first-order chi connectivity index (χ1) is 17.8. The van der Waals surface area contributed by atoms with Crippen LogP contribution in [-0.4, -0.2) is 40.1 Å². The van der Waals surface area contributed by atoms with Gasteiger partial charge in [-0.15, -0.1) is 0 Å². The number of benzene rings is 4. The molecule has 0 aromatic heterocycles. The summed E-state index contributed by atoms with van der Waals surface area (Å²) < 4.78 is 40.1. The van der Waals surface area contributed by atoms with Crippen LogP contribution in [0.2, 0.25) is 0 Å². The largest absolute Gasteiger partial charge is 0.492 e. The molecule has 0 aliphatic carbocycles. The fourth-order valence-corrected chi connectivity index (χ4v) is 5.74. The van der Waals surface area contributed by atoms with Crippen molar-refractivity contribution in [1.29, 1.82) is 0 Å². The van der Waals surface area contributed by atoms with Gasteiger partial charge in [-0.1, -0.05) is 54.1 Å². The summed E-state index contributed by atoms with van der Waals surface area (Å²) in [4.78, 5) is 13.2. The van der Waals surface area contributed by atoms with E-state index in [1.54, 1.807) is 36.4 Å². The highest BCUT2D eigenvalue weighted by molar-refractivity contribution is 7.92. The Morgan fingerprint density at radius 3 is 2.46 bits per heavy atom. The van der Waals surface area contributed by atoms with E-state index in [9.17, 15) is 13.2 Å². The van der Waals surface area contributed by atoms with E-state index in [-0.39, 0.29) is 24.6 Å². The van der Waals surface area contributed by atoms with Crippen molar-refractivity contribution in [3.8, 4) is 11.5 Å². The zero-order chi connectivity index (χ0) is 26.0. The molecule has 8 heteroatoms. The van der Waals surface area contributed by atoms with Crippen molar-refractivity contribution in [2.24, 2.45) is 0 Å². The first kappa shape index (κ1) is 24.6. The van der Waals surface area contributed by atoms with E-state index in [0.29, 0.717) is 17.2 Å². The van der Waals surface area contributed by atoms with E-state index < -0.39 is 22.0 Å². The normalized spacial score (nSPS) is 15.1. The number of fused-ring (bicyclic) bond motifs is 2. The van der Waals surface area contributed by atoms with E-state index in [1.165, 1.54) is 4.31 Å². The summed E-state index contributed by atoms with van der Waals surface area (Å²) in [6.07, 6.45) is -1.00. The van der Waals surface area contributed by atoms with Gasteiger partial charge in [0.05, 0.1) is 23.7 Å². The van der Waals surface area contributed by atoms with Gasteiger partial charge >= 0.3 is 0 Å². The van der Waals surface area contributed by atoms with Crippen LogP contribution < -0.4 is 19.1 Å². The molecule has 4 aromatic rings. The number of hydrogen-bond donors (Lipinski definition) is 1. The number of hydrogen-bond acceptors (Lipinski definition) is 5. The molecule has 1 aliphatic heterocycles. The molecule has 1 heterocycles. The Bertz CT molecular complexity index is 1550. The summed E-state index contributed by atoms with van der Waals surface area (Å²) in [5.41, 5.74) is 2.27. The molecule has 190 valence electrons. The topological polar surface area (TPSA) is 84.9 Å². The van der Waals surface area contributed by atoms with Gasteiger partial charge in [-0.3, -0.25) is 9.10 Å². The molecular weight excluding hydrogens is 488 g/mol. The minimum Gasteiger partial charge on any atom is -0.492 e. The van der Waals surface area contributed by atoms with Crippen LogP contribution in [0.1, 0.15) is 11.1 Å². The third-order valence-electron chi connectivity index (χ3n) is 6.28. The second kappa shape index (κ2) is 10.1. The second-order valence-electron chi connectivity index (χ2n) is 9.08. The van der Waals surface area contributed by atoms with Gasteiger partial charge in [0.2, 0.25) is 0 Å². The lowest BCUT2D eigenvalue weighted by Crippen LogP contribution is -2.51. The number of rotatable bonds is 7. The van der Waals surface area contributed by atoms with Gasteiger partial charge in [-0.05, 0) is 66.6 Å². The molecule has 37 heavy (non-hydrogen) atoms. The lowest BCUT2D eigenvalue weighted by atomic mass is 10.1. The fraction of sp³-hybridized carbons (Fsp3) is 0.207. The SMILES string of the molecule is Cc1ccc(S(=O)(=O)N2C[C@H](C(=O)NCCOc3ccc4ccccc4c3)Oc3ccc(C)cc32)cc1. The van der Waals surface area contributed by atoms with E-state index in [4.69, 9.17) is 9.47 Å². The molecule has 0 spiro atoms. The van der Waals surface area contributed by atoms with Crippen molar-refractivity contribution in [3.05, 3.63) is 96.1 Å². The molecule has 5 rings (SSSR count). The summed E-state index contributed by atoms with van der Waals surface area (Å²) in [6.45, 7) is 4.15.